The van der Waals surface area contributed by atoms with Crippen molar-refractivity contribution in [3.63, 3.8) is 0 Å². The summed E-state index contributed by atoms with van der Waals surface area (Å²) in [5, 5.41) is 7.99. The van der Waals surface area contributed by atoms with E-state index in [0.717, 1.165) is 19.4 Å². The minimum absolute atomic E-state index is 0. The van der Waals surface area contributed by atoms with Crippen LogP contribution in [0.15, 0.2) is 26.7 Å². The minimum Gasteiger partial charge on any atom is -0.376 e. The van der Waals surface area contributed by atoms with Crippen molar-refractivity contribution in [1.29, 1.82) is 0 Å². The van der Waals surface area contributed by atoms with E-state index in [0.29, 0.717) is 29.8 Å². The molecule has 1 aliphatic rings. The number of nitrogens with zero attached hydrogens (tertiary/aromatic N) is 1. The molecule has 3 N–H and O–H groups in total. The number of rotatable bonds is 7. The summed E-state index contributed by atoms with van der Waals surface area (Å²) >= 11 is 1.20. The highest BCUT2D eigenvalue weighted by molar-refractivity contribution is 14.0. The molecule has 2 heterocycles. The van der Waals surface area contributed by atoms with Crippen LogP contribution in [0.25, 0.3) is 0 Å². The molecule has 1 fully saturated rings. The monoisotopic (exact) mass is 474 g/mol. The number of hydrogen-bond donors (Lipinski definition) is 3. The summed E-state index contributed by atoms with van der Waals surface area (Å²) in [6, 6.07) is 3.30. The molecule has 0 aromatic carbocycles. The summed E-state index contributed by atoms with van der Waals surface area (Å²) in [4.78, 5) is 4.10. The second-order valence-corrected chi connectivity index (χ2v) is 7.79. The van der Waals surface area contributed by atoms with Crippen molar-refractivity contribution < 1.29 is 13.2 Å². The van der Waals surface area contributed by atoms with Gasteiger partial charge in [-0.1, -0.05) is 6.07 Å². The van der Waals surface area contributed by atoms with Crippen molar-refractivity contribution in [3.8, 4) is 0 Å². The Balaban J connectivity index is 0.00000264. The van der Waals surface area contributed by atoms with Gasteiger partial charge < -0.3 is 15.4 Å². The van der Waals surface area contributed by atoms with E-state index in [1.54, 1.807) is 24.6 Å². The Bertz CT molecular complexity index is 572. The normalized spacial score (nSPS) is 18.5. The molecular weight excluding hydrogens is 451 g/mol. The number of thiophene rings is 1. The number of ether oxygens (including phenoxy) is 1. The van der Waals surface area contributed by atoms with Crippen LogP contribution >= 0.6 is 35.3 Å². The van der Waals surface area contributed by atoms with Gasteiger partial charge in [-0.15, -0.1) is 35.3 Å². The van der Waals surface area contributed by atoms with Crippen LogP contribution in [0.3, 0.4) is 0 Å². The van der Waals surface area contributed by atoms with Gasteiger partial charge in [0.05, 0.1) is 6.10 Å². The fraction of sp³-hybridized carbons (Fsp3) is 0.615. The molecule has 1 unspecified atom stereocenters. The molecule has 0 saturated carbocycles. The molecule has 0 amide bonds. The highest BCUT2D eigenvalue weighted by Gasteiger charge is 2.16. The van der Waals surface area contributed by atoms with E-state index in [2.05, 4.69) is 20.3 Å². The lowest BCUT2D eigenvalue weighted by Gasteiger charge is -2.15. The van der Waals surface area contributed by atoms with E-state index in [-0.39, 0.29) is 30.1 Å². The van der Waals surface area contributed by atoms with Crippen molar-refractivity contribution in [2.24, 2.45) is 4.99 Å². The zero-order chi connectivity index (χ0) is 15.8. The number of sulfonamides is 1. The fourth-order valence-electron chi connectivity index (χ4n) is 2.09. The second-order valence-electron chi connectivity index (χ2n) is 4.84. The molecule has 0 spiro atoms. The topological polar surface area (TPSA) is 91.8 Å². The number of guanidine groups is 1. The molecule has 0 aliphatic carbocycles. The maximum atomic E-state index is 11.9. The largest absolute Gasteiger partial charge is 0.376 e. The van der Waals surface area contributed by atoms with Crippen molar-refractivity contribution in [2.75, 3.05) is 33.3 Å². The summed E-state index contributed by atoms with van der Waals surface area (Å²) in [6.45, 7) is 2.28. The van der Waals surface area contributed by atoms with Gasteiger partial charge in [0, 0.05) is 33.3 Å². The number of aliphatic imine (C=N–C) groups is 1. The molecule has 7 nitrogen and oxygen atoms in total. The van der Waals surface area contributed by atoms with E-state index >= 15 is 0 Å². The second kappa shape index (κ2) is 10.4. The first kappa shape index (κ1) is 20.6. The van der Waals surface area contributed by atoms with Crippen LogP contribution in [0.2, 0.25) is 0 Å². The van der Waals surface area contributed by atoms with Gasteiger partial charge in [0.25, 0.3) is 0 Å². The highest BCUT2D eigenvalue weighted by Crippen LogP contribution is 2.14. The maximum absolute atomic E-state index is 11.9. The van der Waals surface area contributed by atoms with Crippen molar-refractivity contribution >= 4 is 51.3 Å². The highest BCUT2D eigenvalue weighted by atomic mass is 127. The molecule has 1 atom stereocenters. The van der Waals surface area contributed by atoms with Crippen LogP contribution in [-0.2, 0) is 14.8 Å². The summed E-state index contributed by atoms with van der Waals surface area (Å²) in [7, 11) is -1.72. The average Bonchev–Trinajstić information content (AvgIpc) is 3.20. The Labute approximate surface area is 158 Å². The van der Waals surface area contributed by atoms with Crippen LogP contribution in [-0.4, -0.2) is 53.8 Å². The van der Waals surface area contributed by atoms with E-state index in [4.69, 9.17) is 4.74 Å². The number of halogens is 1. The molecule has 0 radical (unpaired) electrons. The van der Waals surface area contributed by atoms with Gasteiger partial charge in [-0.05, 0) is 24.3 Å². The van der Waals surface area contributed by atoms with Gasteiger partial charge in [-0.3, -0.25) is 4.99 Å². The Kier molecular flexibility index (Phi) is 9.36. The Morgan fingerprint density at radius 1 is 1.43 bits per heavy atom. The smallest absolute Gasteiger partial charge is 0.250 e. The lowest BCUT2D eigenvalue weighted by atomic mass is 10.2. The fourth-order valence-corrected chi connectivity index (χ4v) is 4.16. The van der Waals surface area contributed by atoms with Crippen LogP contribution in [0, 0.1) is 0 Å². The molecule has 10 heteroatoms. The molecule has 1 saturated heterocycles. The zero-order valence-electron chi connectivity index (χ0n) is 12.9. The lowest BCUT2D eigenvalue weighted by Crippen LogP contribution is -2.43. The number of hydrogen-bond acceptors (Lipinski definition) is 5. The molecule has 1 aromatic heterocycles. The Hall–Kier alpha value is -0.430. The first-order chi connectivity index (χ1) is 10.6. The molecular formula is C13H23IN4O3S2. The van der Waals surface area contributed by atoms with Gasteiger partial charge in [0.15, 0.2) is 5.96 Å². The SMILES string of the molecule is CN=C(NCCNS(=O)(=O)c1cccs1)NCC1CCCO1.I. The molecule has 132 valence electrons. The standard InChI is InChI=1S/C13H22N4O3S2.HI/c1-14-13(16-10-11-4-2-8-20-11)15-6-7-17-22(18,19)12-5-3-9-21-12;/h3,5,9,11,17H,2,4,6-8,10H2,1H3,(H2,14,15,16);1H. The van der Waals surface area contributed by atoms with Crippen molar-refractivity contribution in [2.45, 2.75) is 23.2 Å². The molecule has 0 bridgehead atoms. The summed E-state index contributed by atoms with van der Waals surface area (Å²) in [5.41, 5.74) is 0. The molecule has 1 aromatic rings. The lowest BCUT2D eigenvalue weighted by molar-refractivity contribution is 0.114. The van der Waals surface area contributed by atoms with E-state index < -0.39 is 10.0 Å². The quantitative estimate of drug-likeness (QED) is 0.237. The molecule has 2 rings (SSSR count). The summed E-state index contributed by atoms with van der Waals surface area (Å²) in [5.74, 6) is 0.644. The summed E-state index contributed by atoms with van der Waals surface area (Å²) in [6.07, 6.45) is 2.39. The van der Waals surface area contributed by atoms with Gasteiger partial charge in [0.1, 0.15) is 4.21 Å². The van der Waals surface area contributed by atoms with Gasteiger partial charge in [0.2, 0.25) is 10.0 Å². The van der Waals surface area contributed by atoms with E-state index in [1.165, 1.54) is 11.3 Å². The number of nitrogens with one attached hydrogen (secondary N) is 3. The van der Waals surface area contributed by atoms with Gasteiger partial charge >= 0.3 is 0 Å². The first-order valence-corrected chi connectivity index (χ1v) is 9.57. The van der Waals surface area contributed by atoms with Crippen LogP contribution in [0.4, 0.5) is 0 Å². The van der Waals surface area contributed by atoms with Crippen molar-refractivity contribution in [1.82, 2.24) is 15.4 Å². The van der Waals surface area contributed by atoms with Crippen molar-refractivity contribution in [3.05, 3.63) is 17.5 Å². The van der Waals surface area contributed by atoms with Crippen LogP contribution in [0.5, 0.6) is 0 Å². The van der Waals surface area contributed by atoms with Crippen LogP contribution in [0.1, 0.15) is 12.8 Å². The maximum Gasteiger partial charge on any atom is 0.250 e. The first-order valence-electron chi connectivity index (χ1n) is 7.21. The average molecular weight is 474 g/mol. The predicted molar refractivity (Wildman–Crippen MR) is 103 cm³/mol. The Morgan fingerprint density at radius 3 is 2.87 bits per heavy atom. The van der Waals surface area contributed by atoms with E-state index in [1.807, 2.05) is 0 Å². The third kappa shape index (κ3) is 6.91. The van der Waals surface area contributed by atoms with Gasteiger partial charge in [-0.2, -0.15) is 0 Å². The zero-order valence-corrected chi connectivity index (χ0v) is 16.9. The third-order valence-corrected chi connectivity index (χ3v) is 6.07. The molecule has 23 heavy (non-hydrogen) atoms. The molecule has 1 aliphatic heterocycles. The minimum atomic E-state index is -3.40. The summed E-state index contributed by atoms with van der Waals surface area (Å²) < 4.78 is 32.2. The predicted octanol–water partition coefficient (Wildman–Crippen LogP) is 0.988. The van der Waals surface area contributed by atoms with Gasteiger partial charge in [-0.25, -0.2) is 13.1 Å². The third-order valence-electron chi connectivity index (χ3n) is 3.21. The van der Waals surface area contributed by atoms with E-state index in [9.17, 15) is 8.42 Å². The van der Waals surface area contributed by atoms with Crippen LogP contribution < -0.4 is 15.4 Å². The Morgan fingerprint density at radius 2 is 2.26 bits per heavy atom.